The zero-order valence-electron chi connectivity index (χ0n) is 26.6. The summed E-state index contributed by atoms with van der Waals surface area (Å²) < 4.78 is 2.48. The number of hydrogen-bond acceptors (Lipinski definition) is 1. The zero-order valence-corrected chi connectivity index (χ0v) is 26.6. The fourth-order valence-corrected chi connectivity index (χ4v) is 7.47. The maximum absolute atomic E-state index is 2.48. The van der Waals surface area contributed by atoms with Gasteiger partial charge in [-0.2, -0.15) is 0 Å². The van der Waals surface area contributed by atoms with Gasteiger partial charge in [-0.25, -0.2) is 0 Å². The first kappa shape index (κ1) is 28.1. The standard InChI is InChI=1S/C46H34N2/c1-4-14-33(15-5-1)34-24-27-38(28-25-34)47(37-19-8-3-9-20-37)39-29-30-42-45(32-39)48(44-31-26-36-18-10-11-22-41(36)46(42)44)43-23-13-12-21-40(43)35-16-6-2-7-17-35/h1-24,26-27,29-32H,25,28H2. The number of fused-ring (bicyclic) bond motifs is 5. The Morgan fingerprint density at radius 2 is 1.15 bits per heavy atom. The first-order valence-electron chi connectivity index (χ1n) is 16.7. The van der Waals surface area contributed by atoms with Gasteiger partial charge < -0.3 is 9.47 Å². The van der Waals surface area contributed by atoms with E-state index in [1.165, 1.54) is 66.2 Å². The highest BCUT2D eigenvalue weighted by Crippen LogP contribution is 2.43. The Balaban J connectivity index is 1.30. The van der Waals surface area contributed by atoms with Gasteiger partial charge in [-0.05, 0) is 82.8 Å². The van der Waals surface area contributed by atoms with Crippen molar-refractivity contribution in [3.8, 4) is 16.8 Å². The molecule has 228 valence electrons. The molecule has 0 saturated heterocycles. The highest BCUT2D eigenvalue weighted by molar-refractivity contribution is 6.22. The maximum Gasteiger partial charge on any atom is 0.0562 e. The molecule has 2 heteroatoms. The van der Waals surface area contributed by atoms with E-state index in [-0.39, 0.29) is 0 Å². The summed E-state index contributed by atoms with van der Waals surface area (Å²) in [6.45, 7) is 0. The van der Waals surface area contributed by atoms with Gasteiger partial charge in [0.25, 0.3) is 0 Å². The molecule has 7 aromatic carbocycles. The molecule has 0 radical (unpaired) electrons. The molecule has 0 aliphatic heterocycles. The first-order chi connectivity index (χ1) is 23.8. The molecule has 1 aliphatic rings. The lowest BCUT2D eigenvalue weighted by atomic mass is 9.95. The van der Waals surface area contributed by atoms with Gasteiger partial charge in [0.2, 0.25) is 0 Å². The molecular weight excluding hydrogens is 581 g/mol. The van der Waals surface area contributed by atoms with E-state index in [1.807, 2.05) is 0 Å². The second-order valence-corrected chi connectivity index (χ2v) is 12.5. The Morgan fingerprint density at radius 1 is 0.458 bits per heavy atom. The van der Waals surface area contributed by atoms with Crippen LogP contribution >= 0.6 is 0 Å². The minimum atomic E-state index is 0.956. The predicted molar refractivity (Wildman–Crippen MR) is 204 cm³/mol. The van der Waals surface area contributed by atoms with E-state index in [2.05, 4.69) is 191 Å². The maximum atomic E-state index is 2.48. The van der Waals surface area contributed by atoms with E-state index in [0.717, 1.165) is 24.2 Å². The lowest BCUT2D eigenvalue weighted by Gasteiger charge is -2.30. The molecule has 0 amide bonds. The third-order valence-electron chi connectivity index (χ3n) is 9.70. The van der Waals surface area contributed by atoms with E-state index in [4.69, 9.17) is 0 Å². The van der Waals surface area contributed by atoms with Crippen LogP contribution in [0.4, 0.5) is 11.4 Å². The number of allylic oxidation sites excluding steroid dienone is 4. The summed E-state index contributed by atoms with van der Waals surface area (Å²) in [4.78, 5) is 2.45. The number of aromatic nitrogens is 1. The Hall–Kier alpha value is -6.12. The van der Waals surface area contributed by atoms with Crippen LogP contribution in [0.3, 0.4) is 0 Å². The second-order valence-electron chi connectivity index (χ2n) is 12.5. The number of benzene rings is 7. The third-order valence-corrected chi connectivity index (χ3v) is 9.70. The number of para-hydroxylation sites is 2. The molecule has 2 nitrogen and oxygen atoms in total. The number of anilines is 2. The Kier molecular flexibility index (Phi) is 6.98. The molecule has 1 heterocycles. The zero-order chi connectivity index (χ0) is 31.9. The molecule has 0 spiro atoms. The van der Waals surface area contributed by atoms with Crippen LogP contribution in [0, 0.1) is 0 Å². The minimum absolute atomic E-state index is 0.956. The number of hydrogen-bond donors (Lipinski definition) is 0. The molecule has 8 aromatic rings. The topological polar surface area (TPSA) is 8.17 Å². The van der Waals surface area contributed by atoms with Crippen LogP contribution in [-0.4, -0.2) is 4.57 Å². The monoisotopic (exact) mass is 614 g/mol. The molecular formula is C46H34N2. The lowest BCUT2D eigenvalue weighted by Crippen LogP contribution is -2.18. The average molecular weight is 615 g/mol. The molecule has 0 unspecified atom stereocenters. The largest absolute Gasteiger partial charge is 0.314 e. The molecule has 0 N–H and O–H groups in total. The molecule has 1 aromatic heterocycles. The fraction of sp³-hybridized carbons (Fsp3) is 0.0435. The van der Waals surface area contributed by atoms with Gasteiger partial charge in [-0.15, -0.1) is 0 Å². The van der Waals surface area contributed by atoms with Crippen molar-refractivity contribution in [3.05, 3.63) is 193 Å². The smallest absolute Gasteiger partial charge is 0.0562 e. The van der Waals surface area contributed by atoms with Crippen LogP contribution in [0.15, 0.2) is 188 Å². The van der Waals surface area contributed by atoms with Crippen LogP contribution in [0.5, 0.6) is 0 Å². The molecule has 0 fully saturated rings. The number of nitrogens with zero attached hydrogens (tertiary/aromatic N) is 2. The fourth-order valence-electron chi connectivity index (χ4n) is 7.47. The lowest BCUT2D eigenvalue weighted by molar-refractivity contribution is 0.930. The Bertz CT molecular complexity index is 2490. The van der Waals surface area contributed by atoms with Crippen LogP contribution < -0.4 is 4.90 Å². The highest BCUT2D eigenvalue weighted by Gasteiger charge is 2.22. The van der Waals surface area contributed by atoms with Crippen molar-refractivity contribution >= 4 is 49.5 Å². The minimum Gasteiger partial charge on any atom is -0.314 e. The van der Waals surface area contributed by atoms with Crippen molar-refractivity contribution in [2.45, 2.75) is 12.8 Å². The van der Waals surface area contributed by atoms with E-state index >= 15 is 0 Å². The van der Waals surface area contributed by atoms with Gasteiger partial charge >= 0.3 is 0 Å². The quantitative estimate of drug-likeness (QED) is 0.181. The van der Waals surface area contributed by atoms with Gasteiger partial charge in [0.15, 0.2) is 0 Å². The normalized spacial score (nSPS) is 13.1. The molecule has 48 heavy (non-hydrogen) atoms. The molecule has 9 rings (SSSR count). The van der Waals surface area contributed by atoms with E-state index in [9.17, 15) is 0 Å². The summed E-state index contributed by atoms with van der Waals surface area (Å²) in [7, 11) is 0. The van der Waals surface area contributed by atoms with Gasteiger partial charge in [-0.3, -0.25) is 0 Å². The molecule has 0 atom stereocenters. The van der Waals surface area contributed by atoms with Gasteiger partial charge in [-0.1, -0.05) is 140 Å². The van der Waals surface area contributed by atoms with Crippen LogP contribution in [0.2, 0.25) is 0 Å². The van der Waals surface area contributed by atoms with Crippen molar-refractivity contribution in [1.29, 1.82) is 0 Å². The number of rotatable bonds is 6. The average Bonchev–Trinajstić information content (AvgIpc) is 3.50. The summed E-state index contributed by atoms with van der Waals surface area (Å²) in [5, 5.41) is 5.07. The first-order valence-corrected chi connectivity index (χ1v) is 16.7. The summed E-state index contributed by atoms with van der Waals surface area (Å²) in [5.41, 5.74) is 12.3. The highest BCUT2D eigenvalue weighted by atomic mass is 15.2. The van der Waals surface area contributed by atoms with Crippen molar-refractivity contribution in [1.82, 2.24) is 4.57 Å². The summed E-state index contributed by atoms with van der Waals surface area (Å²) >= 11 is 0. The summed E-state index contributed by atoms with van der Waals surface area (Å²) in [6, 6.07) is 61.5. The van der Waals surface area contributed by atoms with Crippen LogP contribution in [0.1, 0.15) is 18.4 Å². The van der Waals surface area contributed by atoms with Crippen molar-refractivity contribution in [2.75, 3.05) is 4.90 Å². The van der Waals surface area contributed by atoms with Crippen molar-refractivity contribution in [3.63, 3.8) is 0 Å². The molecule has 0 saturated carbocycles. The van der Waals surface area contributed by atoms with Crippen LogP contribution in [0.25, 0.3) is 55.0 Å². The van der Waals surface area contributed by atoms with E-state index in [1.54, 1.807) is 0 Å². The van der Waals surface area contributed by atoms with E-state index in [0.29, 0.717) is 0 Å². The van der Waals surface area contributed by atoms with Gasteiger partial charge in [0.05, 0.1) is 16.7 Å². The Morgan fingerprint density at radius 3 is 1.92 bits per heavy atom. The second kappa shape index (κ2) is 11.9. The molecule has 1 aliphatic carbocycles. The van der Waals surface area contributed by atoms with E-state index < -0.39 is 0 Å². The Labute approximate surface area is 281 Å². The predicted octanol–water partition coefficient (Wildman–Crippen LogP) is 12.5. The molecule has 0 bridgehead atoms. The summed E-state index contributed by atoms with van der Waals surface area (Å²) in [6.07, 6.45) is 6.58. The summed E-state index contributed by atoms with van der Waals surface area (Å²) in [5.74, 6) is 0. The SMILES string of the molecule is C1=C(c2ccccc2)CCC(N(c2ccccc2)c2ccc3c4c5ccccc5ccc4n(-c4ccccc4-c4ccccc4)c3c2)=C1. The van der Waals surface area contributed by atoms with Crippen LogP contribution in [-0.2, 0) is 0 Å². The van der Waals surface area contributed by atoms with Crippen molar-refractivity contribution in [2.24, 2.45) is 0 Å². The van der Waals surface area contributed by atoms with Gasteiger partial charge in [0.1, 0.15) is 0 Å². The van der Waals surface area contributed by atoms with Crippen molar-refractivity contribution < 1.29 is 0 Å². The van der Waals surface area contributed by atoms with Gasteiger partial charge in [0, 0.05) is 33.4 Å². The third kappa shape index (κ3) is 4.82.